The summed E-state index contributed by atoms with van der Waals surface area (Å²) in [6.45, 7) is 3.31. The summed E-state index contributed by atoms with van der Waals surface area (Å²) < 4.78 is 93.4. The topological polar surface area (TPSA) is 16.1 Å². The van der Waals surface area contributed by atoms with E-state index >= 15 is 0 Å². The summed E-state index contributed by atoms with van der Waals surface area (Å²) in [6.07, 6.45) is -9.76. The van der Waals surface area contributed by atoms with Crippen molar-refractivity contribution in [1.29, 1.82) is 0 Å². The monoisotopic (exact) mass is 385 g/mol. The maximum absolute atomic E-state index is 14.4. The average molecular weight is 385 g/mol. The fourth-order valence-electron chi connectivity index (χ4n) is 2.41. The molecule has 0 unspecified atom stereocenters. The van der Waals surface area contributed by atoms with E-state index < -0.39 is 45.6 Å². The molecule has 0 spiro atoms. The summed E-state index contributed by atoms with van der Waals surface area (Å²) in [7, 11) is 0. The Morgan fingerprint density at radius 2 is 1.64 bits per heavy atom. The Kier molecular flexibility index (Phi) is 5.31. The van der Waals surface area contributed by atoms with Gasteiger partial charge in [0, 0.05) is 18.7 Å². The van der Waals surface area contributed by atoms with Crippen LogP contribution in [0.15, 0.2) is 12.1 Å². The Labute approximate surface area is 142 Å². The molecular formula is C15H12F7N2S. The molecule has 1 aromatic carbocycles. The number of rotatable bonds is 4. The fraction of sp³-hybridized carbons (Fsp3) is 0.400. The van der Waals surface area contributed by atoms with Crippen molar-refractivity contribution in [1.82, 2.24) is 4.98 Å². The first-order valence-electron chi connectivity index (χ1n) is 7.10. The molecule has 2 nitrogen and oxygen atoms in total. The summed E-state index contributed by atoms with van der Waals surface area (Å²) in [4.78, 5) is 3.28. The van der Waals surface area contributed by atoms with Crippen LogP contribution >= 0.6 is 11.3 Å². The number of hydrogen-bond donors (Lipinski definition) is 0. The van der Waals surface area contributed by atoms with Crippen LogP contribution in [0.1, 0.15) is 24.3 Å². The lowest BCUT2D eigenvalue weighted by Crippen LogP contribution is -2.26. The molecule has 0 saturated carbocycles. The van der Waals surface area contributed by atoms with Gasteiger partial charge in [-0.2, -0.15) is 26.3 Å². The molecule has 2 rings (SSSR count). The van der Waals surface area contributed by atoms with E-state index in [1.807, 2.05) is 5.51 Å². The maximum Gasteiger partial charge on any atom is 0.427 e. The van der Waals surface area contributed by atoms with Crippen molar-refractivity contribution in [3.05, 3.63) is 33.9 Å². The molecule has 0 aliphatic rings. The molecular weight excluding hydrogens is 373 g/mol. The lowest BCUT2D eigenvalue weighted by molar-refractivity contribution is -0.137. The van der Waals surface area contributed by atoms with E-state index in [1.54, 1.807) is 13.8 Å². The second kappa shape index (κ2) is 6.81. The Balaban J connectivity index is 2.73. The van der Waals surface area contributed by atoms with E-state index in [0.29, 0.717) is 12.1 Å². The third kappa shape index (κ3) is 3.88. The van der Waals surface area contributed by atoms with Gasteiger partial charge in [-0.05, 0) is 26.0 Å². The van der Waals surface area contributed by atoms with Gasteiger partial charge >= 0.3 is 12.4 Å². The van der Waals surface area contributed by atoms with Crippen LogP contribution in [0.5, 0.6) is 0 Å². The van der Waals surface area contributed by atoms with Crippen LogP contribution in [0.4, 0.5) is 36.4 Å². The molecule has 0 bridgehead atoms. The highest BCUT2D eigenvalue weighted by molar-refractivity contribution is 7.09. The van der Waals surface area contributed by atoms with E-state index in [-0.39, 0.29) is 24.4 Å². The molecule has 1 aromatic heterocycles. The van der Waals surface area contributed by atoms with Crippen molar-refractivity contribution in [2.45, 2.75) is 26.2 Å². The molecule has 0 fully saturated rings. The van der Waals surface area contributed by atoms with Crippen molar-refractivity contribution in [2.75, 3.05) is 18.0 Å². The first-order valence-corrected chi connectivity index (χ1v) is 7.92. The number of alkyl halides is 6. The minimum absolute atomic E-state index is 0.105. The van der Waals surface area contributed by atoms with Gasteiger partial charge in [-0.15, -0.1) is 11.3 Å². The largest absolute Gasteiger partial charge is 0.427 e. The van der Waals surface area contributed by atoms with Crippen LogP contribution in [0.25, 0.3) is 11.3 Å². The third-order valence-electron chi connectivity index (χ3n) is 3.50. The predicted octanol–water partition coefficient (Wildman–Crippen LogP) is 5.63. The molecule has 25 heavy (non-hydrogen) atoms. The van der Waals surface area contributed by atoms with Crippen LogP contribution in [0.2, 0.25) is 0 Å². The minimum Gasteiger partial charge on any atom is -0.369 e. The Bertz CT molecular complexity index is 745. The van der Waals surface area contributed by atoms with E-state index in [9.17, 15) is 30.7 Å². The quantitative estimate of drug-likeness (QED) is 0.634. The number of thiazole rings is 1. The summed E-state index contributed by atoms with van der Waals surface area (Å²) in [5, 5.41) is 0. The number of benzene rings is 1. The van der Waals surface area contributed by atoms with Crippen LogP contribution in [0.3, 0.4) is 0 Å². The number of hydrogen-bond acceptors (Lipinski definition) is 3. The fourth-order valence-corrected chi connectivity index (χ4v) is 3.02. The van der Waals surface area contributed by atoms with Gasteiger partial charge in [0.25, 0.3) is 0 Å². The summed E-state index contributed by atoms with van der Waals surface area (Å²) in [6, 6.07) is 1.13. The molecule has 0 atom stereocenters. The van der Waals surface area contributed by atoms with Gasteiger partial charge < -0.3 is 4.90 Å². The van der Waals surface area contributed by atoms with E-state index in [4.69, 9.17) is 0 Å². The SMILES string of the molecule is CCN(CC)c1c(F)cc(-c2n[c]sc2C(F)(F)F)cc1C(F)(F)F. The van der Waals surface area contributed by atoms with Gasteiger partial charge in [0.05, 0.1) is 16.9 Å². The summed E-state index contributed by atoms with van der Waals surface area (Å²) in [5.41, 5.74) is -1.39. The molecule has 0 saturated heterocycles. The van der Waals surface area contributed by atoms with Crippen LogP contribution in [-0.4, -0.2) is 18.1 Å². The predicted molar refractivity (Wildman–Crippen MR) is 79.9 cm³/mol. The van der Waals surface area contributed by atoms with E-state index in [2.05, 4.69) is 4.98 Å². The highest BCUT2D eigenvalue weighted by Crippen LogP contribution is 2.44. The van der Waals surface area contributed by atoms with E-state index in [1.165, 1.54) is 0 Å². The standard InChI is InChI=1S/C15H12F7N2S/c1-3-24(4-2)12-9(14(17,18)19)5-8(6-10(12)16)11-13(15(20,21)22)25-7-23-11/h5-6H,3-4H2,1-2H3. The smallest absolute Gasteiger partial charge is 0.369 e. The van der Waals surface area contributed by atoms with Gasteiger partial charge in [0.1, 0.15) is 10.7 Å². The van der Waals surface area contributed by atoms with Gasteiger partial charge in [-0.25, -0.2) is 9.37 Å². The first kappa shape index (κ1) is 19.5. The number of nitrogens with zero attached hydrogens (tertiary/aromatic N) is 2. The second-order valence-corrected chi connectivity index (χ2v) is 5.80. The zero-order valence-corrected chi connectivity index (χ0v) is 13.8. The molecule has 2 aromatic rings. The maximum atomic E-state index is 14.4. The molecule has 10 heteroatoms. The van der Waals surface area contributed by atoms with Crippen molar-refractivity contribution >= 4 is 17.0 Å². The molecule has 0 aliphatic carbocycles. The lowest BCUT2D eigenvalue weighted by atomic mass is 10.0. The minimum atomic E-state index is -4.94. The van der Waals surface area contributed by atoms with Gasteiger partial charge in [-0.3, -0.25) is 0 Å². The molecule has 1 heterocycles. The third-order valence-corrected chi connectivity index (χ3v) is 4.31. The second-order valence-electron chi connectivity index (χ2n) is 5.00. The van der Waals surface area contributed by atoms with Crippen LogP contribution < -0.4 is 4.90 Å². The summed E-state index contributed by atoms with van der Waals surface area (Å²) in [5.74, 6) is -1.25. The summed E-state index contributed by atoms with van der Waals surface area (Å²) >= 11 is 0.115. The molecule has 1 radical (unpaired) electrons. The number of anilines is 1. The zero-order chi connectivity index (χ0) is 19.0. The average Bonchev–Trinajstić information content (AvgIpc) is 2.98. The van der Waals surface area contributed by atoms with E-state index in [0.717, 1.165) is 4.90 Å². The first-order chi connectivity index (χ1) is 11.5. The van der Waals surface area contributed by atoms with Crippen LogP contribution in [0, 0.1) is 11.3 Å². The molecule has 137 valence electrons. The molecule has 0 N–H and O–H groups in total. The zero-order valence-electron chi connectivity index (χ0n) is 13.0. The van der Waals surface area contributed by atoms with Gasteiger partial charge in [0.2, 0.25) is 0 Å². The van der Waals surface area contributed by atoms with Gasteiger partial charge in [0.15, 0.2) is 5.51 Å². The molecule has 0 aliphatic heterocycles. The molecule has 0 amide bonds. The number of aromatic nitrogens is 1. The van der Waals surface area contributed by atoms with Crippen molar-refractivity contribution in [3.8, 4) is 11.3 Å². The van der Waals surface area contributed by atoms with Crippen molar-refractivity contribution in [3.63, 3.8) is 0 Å². The van der Waals surface area contributed by atoms with Crippen molar-refractivity contribution < 1.29 is 30.7 Å². The highest BCUT2D eigenvalue weighted by atomic mass is 32.1. The highest BCUT2D eigenvalue weighted by Gasteiger charge is 2.40. The lowest BCUT2D eigenvalue weighted by Gasteiger charge is -2.26. The number of halogens is 7. The van der Waals surface area contributed by atoms with Crippen molar-refractivity contribution in [2.24, 2.45) is 0 Å². The van der Waals surface area contributed by atoms with Crippen LogP contribution in [-0.2, 0) is 12.4 Å². The Morgan fingerprint density at radius 3 is 2.12 bits per heavy atom. The Morgan fingerprint density at radius 1 is 1.04 bits per heavy atom. The normalized spacial score (nSPS) is 12.5. The Hall–Kier alpha value is -1.84. The van der Waals surface area contributed by atoms with Gasteiger partial charge in [-0.1, -0.05) is 0 Å².